The lowest BCUT2D eigenvalue weighted by molar-refractivity contribution is 0.0937. The Labute approximate surface area is 47.3 Å². The number of ether oxygens (including phenoxy) is 1. The highest BCUT2D eigenvalue weighted by Gasteiger charge is 1.90. The van der Waals surface area contributed by atoms with Gasteiger partial charge in [-0.3, -0.25) is 0 Å². The molecule has 0 fully saturated rings. The summed E-state index contributed by atoms with van der Waals surface area (Å²) < 4.78 is 4.06. The molecule has 44 valence electrons. The second-order valence-corrected chi connectivity index (χ2v) is 1.07. The van der Waals surface area contributed by atoms with Gasteiger partial charge in [0.05, 0.1) is 0 Å². The molecule has 1 N–H and O–H groups in total. The van der Waals surface area contributed by atoms with Crippen LogP contribution in [0.25, 0.3) is 0 Å². The van der Waals surface area contributed by atoms with Crippen molar-refractivity contribution in [3.8, 4) is 12.3 Å². The van der Waals surface area contributed by atoms with Crippen molar-refractivity contribution in [2.45, 2.75) is 6.42 Å². The lowest BCUT2D eigenvalue weighted by Crippen LogP contribution is -2.00. The van der Waals surface area contributed by atoms with Gasteiger partial charge in [-0.25, -0.2) is 4.79 Å². The molecule has 8 heavy (non-hydrogen) atoms. The molecule has 0 aromatic heterocycles. The molecule has 0 aliphatic rings. The highest BCUT2D eigenvalue weighted by molar-refractivity contribution is 5.56. The van der Waals surface area contributed by atoms with E-state index in [0.717, 1.165) is 0 Å². The van der Waals surface area contributed by atoms with Crippen LogP contribution in [0, 0.1) is 12.3 Å². The van der Waals surface area contributed by atoms with Crippen molar-refractivity contribution in [1.82, 2.24) is 0 Å². The number of hydrogen-bond acceptors (Lipinski definition) is 2. The van der Waals surface area contributed by atoms with Crippen LogP contribution in [0.4, 0.5) is 4.79 Å². The van der Waals surface area contributed by atoms with Gasteiger partial charge in [-0.05, 0) is 0 Å². The molecule has 0 unspecified atom stereocenters. The van der Waals surface area contributed by atoms with E-state index in [4.69, 9.17) is 11.5 Å². The molecule has 3 nitrogen and oxygen atoms in total. The van der Waals surface area contributed by atoms with Crippen molar-refractivity contribution in [2.24, 2.45) is 0 Å². The van der Waals surface area contributed by atoms with Gasteiger partial charge in [0.15, 0.2) is 0 Å². The van der Waals surface area contributed by atoms with Gasteiger partial charge in [-0.2, -0.15) is 0 Å². The first-order chi connectivity index (χ1) is 3.77. The third-order valence-electron chi connectivity index (χ3n) is 0.472. The van der Waals surface area contributed by atoms with E-state index in [1.165, 1.54) is 0 Å². The van der Waals surface area contributed by atoms with Crippen molar-refractivity contribution in [3.63, 3.8) is 0 Å². The summed E-state index contributed by atoms with van der Waals surface area (Å²) >= 11 is 0. The molecule has 0 amide bonds. The minimum Gasteiger partial charge on any atom is -0.450 e. The van der Waals surface area contributed by atoms with Crippen LogP contribution in [-0.2, 0) is 4.74 Å². The lowest BCUT2D eigenvalue weighted by Gasteiger charge is -1.91. The van der Waals surface area contributed by atoms with E-state index in [-0.39, 0.29) is 6.61 Å². The molecule has 0 rings (SSSR count). The Kier molecular flexibility index (Phi) is 3.42. The molecule has 0 saturated heterocycles. The summed E-state index contributed by atoms with van der Waals surface area (Å²) in [4.78, 5) is 9.58. The zero-order valence-electron chi connectivity index (χ0n) is 4.26. The Morgan fingerprint density at radius 3 is 2.88 bits per heavy atom. The summed E-state index contributed by atoms with van der Waals surface area (Å²) in [5.41, 5.74) is 0. The lowest BCUT2D eigenvalue weighted by atomic mass is 10.5. The van der Waals surface area contributed by atoms with Crippen LogP contribution >= 0.6 is 0 Å². The van der Waals surface area contributed by atoms with Crippen molar-refractivity contribution in [2.75, 3.05) is 6.61 Å². The minimum atomic E-state index is -1.28. The van der Waals surface area contributed by atoms with Crippen molar-refractivity contribution >= 4 is 6.16 Å². The average molecular weight is 114 g/mol. The molecule has 0 aliphatic carbocycles. The SMILES string of the molecule is C#CCCOC(=O)O. The summed E-state index contributed by atoms with van der Waals surface area (Å²) in [6.07, 6.45) is 3.85. The fourth-order valence-electron chi connectivity index (χ4n) is 0.197. The van der Waals surface area contributed by atoms with Gasteiger partial charge in [-0.15, -0.1) is 12.3 Å². The summed E-state index contributed by atoms with van der Waals surface area (Å²) in [5.74, 6) is 2.23. The van der Waals surface area contributed by atoms with E-state index in [0.29, 0.717) is 6.42 Å². The normalized spacial score (nSPS) is 7.38. The van der Waals surface area contributed by atoms with E-state index >= 15 is 0 Å². The number of carboxylic acid groups (broad SMARTS) is 1. The van der Waals surface area contributed by atoms with E-state index < -0.39 is 6.16 Å². The van der Waals surface area contributed by atoms with Crippen LogP contribution in [0.15, 0.2) is 0 Å². The van der Waals surface area contributed by atoms with E-state index in [9.17, 15) is 4.79 Å². The van der Waals surface area contributed by atoms with Gasteiger partial charge in [0.25, 0.3) is 0 Å². The molecule has 0 radical (unpaired) electrons. The summed E-state index contributed by atoms with van der Waals surface area (Å²) in [5, 5.41) is 7.85. The maximum Gasteiger partial charge on any atom is 0.505 e. The fraction of sp³-hybridized carbons (Fsp3) is 0.400. The molecule has 0 heterocycles. The first-order valence-corrected chi connectivity index (χ1v) is 2.06. The quantitative estimate of drug-likeness (QED) is 0.326. The van der Waals surface area contributed by atoms with E-state index in [1.54, 1.807) is 0 Å². The van der Waals surface area contributed by atoms with Gasteiger partial charge < -0.3 is 9.84 Å². The first-order valence-electron chi connectivity index (χ1n) is 2.06. The molecule has 0 aliphatic heterocycles. The highest BCUT2D eigenvalue weighted by atomic mass is 16.7. The van der Waals surface area contributed by atoms with Crippen LogP contribution in [0.3, 0.4) is 0 Å². The summed E-state index contributed by atoms with van der Waals surface area (Å²) in [6, 6.07) is 0. The fourth-order valence-corrected chi connectivity index (χ4v) is 0.197. The summed E-state index contributed by atoms with van der Waals surface area (Å²) in [6.45, 7) is 0.0891. The van der Waals surface area contributed by atoms with Gasteiger partial charge >= 0.3 is 6.16 Å². The molecular weight excluding hydrogens is 108 g/mol. The molecule has 3 heteroatoms. The van der Waals surface area contributed by atoms with Gasteiger partial charge in [-0.1, -0.05) is 0 Å². The molecule has 0 spiro atoms. The van der Waals surface area contributed by atoms with Crippen molar-refractivity contribution in [1.29, 1.82) is 0 Å². The largest absolute Gasteiger partial charge is 0.505 e. The van der Waals surface area contributed by atoms with Crippen LogP contribution in [0.5, 0.6) is 0 Å². The zero-order valence-corrected chi connectivity index (χ0v) is 4.26. The van der Waals surface area contributed by atoms with Gasteiger partial charge in [0, 0.05) is 6.42 Å². The Morgan fingerprint density at radius 1 is 1.88 bits per heavy atom. The number of carbonyl (C=O) groups is 1. The number of terminal acetylenes is 1. The standard InChI is InChI=1S/C5H6O3/c1-2-3-4-8-5(6)7/h1H,3-4H2,(H,6,7). The predicted octanol–water partition coefficient (Wildman–Crippen LogP) is 0.704. The first kappa shape index (κ1) is 6.83. The second-order valence-electron chi connectivity index (χ2n) is 1.07. The topological polar surface area (TPSA) is 46.5 Å². The monoisotopic (exact) mass is 114 g/mol. The Balaban J connectivity index is 2.97. The van der Waals surface area contributed by atoms with Crippen molar-refractivity contribution < 1.29 is 14.6 Å². The van der Waals surface area contributed by atoms with Gasteiger partial charge in [0.1, 0.15) is 6.61 Å². The molecular formula is C5H6O3. The maximum atomic E-state index is 9.58. The Bertz CT molecular complexity index is 111. The second kappa shape index (κ2) is 4.00. The third-order valence-corrected chi connectivity index (χ3v) is 0.472. The van der Waals surface area contributed by atoms with Crippen LogP contribution in [-0.4, -0.2) is 17.9 Å². The average Bonchev–Trinajstić information content (AvgIpc) is 1.66. The predicted molar refractivity (Wildman–Crippen MR) is 27.4 cm³/mol. The molecule has 0 aromatic carbocycles. The third kappa shape index (κ3) is 4.83. The number of hydrogen-bond donors (Lipinski definition) is 1. The Morgan fingerprint density at radius 2 is 2.50 bits per heavy atom. The van der Waals surface area contributed by atoms with Gasteiger partial charge in [0.2, 0.25) is 0 Å². The molecule has 0 atom stereocenters. The highest BCUT2D eigenvalue weighted by Crippen LogP contribution is 1.78. The number of rotatable bonds is 2. The zero-order chi connectivity index (χ0) is 6.41. The van der Waals surface area contributed by atoms with E-state index in [1.807, 2.05) is 0 Å². The van der Waals surface area contributed by atoms with Crippen LogP contribution < -0.4 is 0 Å². The van der Waals surface area contributed by atoms with E-state index in [2.05, 4.69) is 10.7 Å². The van der Waals surface area contributed by atoms with Crippen molar-refractivity contribution in [3.05, 3.63) is 0 Å². The minimum absolute atomic E-state index is 0.0891. The smallest absolute Gasteiger partial charge is 0.450 e. The maximum absolute atomic E-state index is 9.58. The molecule has 0 bridgehead atoms. The summed E-state index contributed by atoms with van der Waals surface area (Å²) in [7, 11) is 0. The Hall–Kier alpha value is -1.17. The molecule has 0 saturated carbocycles. The van der Waals surface area contributed by atoms with Crippen LogP contribution in [0.2, 0.25) is 0 Å². The molecule has 0 aromatic rings. The van der Waals surface area contributed by atoms with Crippen LogP contribution in [0.1, 0.15) is 6.42 Å².